The first-order valence-corrected chi connectivity index (χ1v) is 5.25. The third kappa shape index (κ3) is 3.24. The molecule has 1 heterocycles. The van der Waals surface area contributed by atoms with Crippen molar-refractivity contribution < 1.29 is 4.39 Å². The summed E-state index contributed by atoms with van der Waals surface area (Å²) in [6.07, 6.45) is 3.83. The molecular formula is C10H21FN2. The number of alkyl halides is 1. The van der Waals surface area contributed by atoms with E-state index in [0.29, 0.717) is 18.6 Å². The Labute approximate surface area is 80.5 Å². The average Bonchev–Trinajstić information content (AvgIpc) is 2.18. The second-order valence-corrected chi connectivity index (χ2v) is 3.97. The summed E-state index contributed by atoms with van der Waals surface area (Å²) in [5, 5.41) is 3.49. The van der Waals surface area contributed by atoms with Gasteiger partial charge in [-0.2, -0.15) is 0 Å². The number of rotatable bonds is 4. The lowest BCUT2D eigenvalue weighted by Gasteiger charge is -2.34. The van der Waals surface area contributed by atoms with Gasteiger partial charge in [0.2, 0.25) is 0 Å². The van der Waals surface area contributed by atoms with E-state index < -0.39 is 0 Å². The van der Waals surface area contributed by atoms with Crippen LogP contribution < -0.4 is 5.32 Å². The molecule has 0 saturated carbocycles. The van der Waals surface area contributed by atoms with Gasteiger partial charge in [-0.1, -0.05) is 6.42 Å². The van der Waals surface area contributed by atoms with Crippen LogP contribution in [-0.2, 0) is 0 Å². The van der Waals surface area contributed by atoms with Crippen LogP contribution in [0.15, 0.2) is 0 Å². The quantitative estimate of drug-likeness (QED) is 0.718. The van der Waals surface area contributed by atoms with Gasteiger partial charge in [-0.3, -0.25) is 4.90 Å². The molecule has 2 atom stereocenters. The Hall–Kier alpha value is -0.150. The van der Waals surface area contributed by atoms with E-state index in [0.717, 1.165) is 6.54 Å². The maximum Gasteiger partial charge on any atom is 0.102 e. The lowest BCUT2D eigenvalue weighted by atomic mass is 9.98. The van der Waals surface area contributed by atoms with E-state index in [2.05, 4.69) is 17.1 Å². The third-order valence-electron chi connectivity index (χ3n) is 3.06. The molecule has 3 heteroatoms. The zero-order valence-corrected chi connectivity index (χ0v) is 8.72. The van der Waals surface area contributed by atoms with Crippen molar-refractivity contribution in [2.75, 3.05) is 26.8 Å². The predicted molar refractivity (Wildman–Crippen MR) is 53.7 cm³/mol. The summed E-state index contributed by atoms with van der Waals surface area (Å²) in [6, 6.07) is 1.02. The molecule has 0 aromatic carbocycles. The van der Waals surface area contributed by atoms with Crippen LogP contribution in [0.4, 0.5) is 4.39 Å². The van der Waals surface area contributed by atoms with E-state index in [1.165, 1.54) is 19.3 Å². The lowest BCUT2D eigenvalue weighted by Crippen LogP contribution is -2.49. The van der Waals surface area contributed by atoms with Gasteiger partial charge >= 0.3 is 0 Å². The van der Waals surface area contributed by atoms with Gasteiger partial charge in [0.1, 0.15) is 6.67 Å². The van der Waals surface area contributed by atoms with Crippen LogP contribution in [0.5, 0.6) is 0 Å². The molecule has 2 nitrogen and oxygen atoms in total. The van der Waals surface area contributed by atoms with E-state index in [4.69, 9.17) is 0 Å². The summed E-state index contributed by atoms with van der Waals surface area (Å²) in [5.41, 5.74) is 0. The van der Waals surface area contributed by atoms with Crippen LogP contribution in [0.3, 0.4) is 0 Å². The standard InChI is InChI=1S/C10H21FN2/c1-9(13(2)8-6-11)10-5-3-4-7-12-10/h9-10,12H,3-8H2,1-2H3. The molecule has 0 spiro atoms. The first-order valence-electron chi connectivity index (χ1n) is 5.25. The molecule has 1 saturated heterocycles. The molecule has 0 aromatic rings. The first-order chi connectivity index (χ1) is 6.25. The van der Waals surface area contributed by atoms with Gasteiger partial charge in [0.05, 0.1) is 0 Å². The average molecular weight is 188 g/mol. The molecule has 78 valence electrons. The maximum absolute atomic E-state index is 12.1. The van der Waals surface area contributed by atoms with Crippen molar-refractivity contribution in [1.82, 2.24) is 10.2 Å². The number of nitrogens with one attached hydrogen (secondary N) is 1. The maximum atomic E-state index is 12.1. The van der Waals surface area contributed by atoms with Crippen molar-refractivity contribution in [3.8, 4) is 0 Å². The fourth-order valence-electron chi connectivity index (χ4n) is 1.93. The Bertz CT molecular complexity index is 135. The van der Waals surface area contributed by atoms with E-state index in [1.807, 2.05) is 7.05 Å². The molecule has 1 fully saturated rings. The fourth-order valence-corrected chi connectivity index (χ4v) is 1.93. The molecular weight excluding hydrogens is 167 g/mol. The van der Waals surface area contributed by atoms with Crippen LogP contribution in [-0.4, -0.2) is 43.8 Å². The number of hydrogen-bond donors (Lipinski definition) is 1. The Balaban J connectivity index is 2.31. The van der Waals surface area contributed by atoms with E-state index >= 15 is 0 Å². The minimum absolute atomic E-state index is 0.242. The van der Waals surface area contributed by atoms with Crippen molar-refractivity contribution >= 4 is 0 Å². The first kappa shape index (κ1) is 10.9. The number of hydrogen-bond acceptors (Lipinski definition) is 2. The van der Waals surface area contributed by atoms with Gasteiger partial charge in [0.25, 0.3) is 0 Å². The van der Waals surface area contributed by atoms with Crippen LogP contribution in [0, 0.1) is 0 Å². The number of nitrogens with zero attached hydrogens (tertiary/aromatic N) is 1. The van der Waals surface area contributed by atoms with Crippen LogP contribution in [0.25, 0.3) is 0 Å². The Morgan fingerprint density at radius 2 is 2.31 bits per heavy atom. The van der Waals surface area contributed by atoms with Crippen molar-refractivity contribution in [2.45, 2.75) is 38.3 Å². The predicted octanol–water partition coefficient (Wildman–Crippen LogP) is 1.42. The molecule has 0 radical (unpaired) electrons. The van der Waals surface area contributed by atoms with Crippen LogP contribution in [0.1, 0.15) is 26.2 Å². The molecule has 1 rings (SSSR count). The van der Waals surface area contributed by atoms with Crippen LogP contribution >= 0.6 is 0 Å². The van der Waals surface area contributed by atoms with E-state index in [9.17, 15) is 4.39 Å². The second-order valence-electron chi connectivity index (χ2n) is 3.97. The Kier molecular flexibility index (Phi) is 4.67. The lowest BCUT2D eigenvalue weighted by molar-refractivity contribution is 0.175. The minimum atomic E-state index is -0.242. The van der Waals surface area contributed by atoms with Gasteiger partial charge in [-0.25, -0.2) is 4.39 Å². The zero-order chi connectivity index (χ0) is 9.68. The SMILES string of the molecule is CC(C1CCCCN1)N(C)CCF. The zero-order valence-electron chi connectivity index (χ0n) is 8.72. The van der Waals surface area contributed by atoms with Crippen molar-refractivity contribution in [3.63, 3.8) is 0 Å². The summed E-state index contributed by atoms with van der Waals surface area (Å²) in [5.74, 6) is 0. The van der Waals surface area contributed by atoms with Crippen molar-refractivity contribution in [2.24, 2.45) is 0 Å². The highest BCUT2D eigenvalue weighted by Gasteiger charge is 2.22. The highest BCUT2D eigenvalue weighted by atomic mass is 19.1. The molecule has 13 heavy (non-hydrogen) atoms. The number of likely N-dealkylation sites (N-methyl/N-ethyl adjacent to an activating group) is 1. The topological polar surface area (TPSA) is 15.3 Å². The largest absolute Gasteiger partial charge is 0.312 e. The summed E-state index contributed by atoms with van der Waals surface area (Å²) in [4.78, 5) is 2.10. The van der Waals surface area contributed by atoms with Gasteiger partial charge in [-0.15, -0.1) is 0 Å². The Morgan fingerprint density at radius 3 is 2.85 bits per heavy atom. The monoisotopic (exact) mass is 188 g/mol. The second kappa shape index (κ2) is 5.55. The van der Waals surface area contributed by atoms with E-state index in [-0.39, 0.29) is 6.67 Å². The molecule has 0 bridgehead atoms. The number of halogens is 1. The fraction of sp³-hybridized carbons (Fsp3) is 1.00. The smallest absolute Gasteiger partial charge is 0.102 e. The number of piperidine rings is 1. The summed E-state index contributed by atoms with van der Waals surface area (Å²) in [6.45, 7) is 3.62. The molecule has 0 amide bonds. The highest BCUT2D eigenvalue weighted by Crippen LogP contribution is 2.13. The van der Waals surface area contributed by atoms with Gasteiger partial charge < -0.3 is 5.32 Å². The van der Waals surface area contributed by atoms with E-state index in [1.54, 1.807) is 0 Å². The molecule has 1 N–H and O–H groups in total. The normalized spacial score (nSPS) is 26.3. The van der Waals surface area contributed by atoms with Crippen molar-refractivity contribution in [3.05, 3.63) is 0 Å². The van der Waals surface area contributed by atoms with Crippen LogP contribution in [0.2, 0.25) is 0 Å². The summed E-state index contributed by atoms with van der Waals surface area (Å²) in [7, 11) is 2.00. The van der Waals surface area contributed by atoms with Gasteiger partial charge in [0, 0.05) is 18.6 Å². The molecule has 0 aliphatic carbocycles. The molecule has 1 aliphatic rings. The molecule has 2 unspecified atom stereocenters. The summed E-state index contributed by atoms with van der Waals surface area (Å²) >= 11 is 0. The van der Waals surface area contributed by atoms with Gasteiger partial charge in [0.15, 0.2) is 0 Å². The van der Waals surface area contributed by atoms with Gasteiger partial charge in [-0.05, 0) is 33.4 Å². The molecule has 1 aliphatic heterocycles. The minimum Gasteiger partial charge on any atom is -0.312 e. The van der Waals surface area contributed by atoms with Crippen molar-refractivity contribution in [1.29, 1.82) is 0 Å². The molecule has 0 aromatic heterocycles. The third-order valence-corrected chi connectivity index (χ3v) is 3.06. The summed E-state index contributed by atoms with van der Waals surface area (Å²) < 4.78 is 12.1. The Morgan fingerprint density at radius 1 is 1.54 bits per heavy atom. The highest BCUT2D eigenvalue weighted by molar-refractivity contribution is 4.82.